The zero-order valence-corrected chi connectivity index (χ0v) is 16.0. The third-order valence-electron chi connectivity index (χ3n) is 5.07. The zero-order valence-electron chi connectivity index (χ0n) is 16.0. The second-order valence-electron chi connectivity index (χ2n) is 7.15. The molecule has 1 aromatic carbocycles. The van der Waals surface area contributed by atoms with Crippen molar-refractivity contribution >= 4 is 11.6 Å². The molecule has 1 aliphatic heterocycles. The zero-order chi connectivity index (χ0) is 18.5. The summed E-state index contributed by atoms with van der Waals surface area (Å²) in [5, 5.41) is 3.04. The number of imidazole rings is 1. The van der Waals surface area contributed by atoms with E-state index in [2.05, 4.69) is 37.7 Å². The van der Waals surface area contributed by atoms with Gasteiger partial charge in [0.05, 0.1) is 6.54 Å². The number of anilines is 1. The largest absolute Gasteiger partial charge is 0.334 e. The Hall–Kier alpha value is -2.18. The van der Waals surface area contributed by atoms with Crippen molar-refractivity contribution < 1.29 is 4.79 Å². The Labute approximate surface area is 155 Å². The van der Waals surface area contributed by atoms with Crippen LogP contribution in [0.3, 0.4) is 0 Å². The molecule has 1 fully saturated rings. The third kappa shape index (κ3) is 4.93. The second kappa shape index (κ2) is 8.47. The van der Waals surface area contributed by atoms with Gasteiger partial charge in [-0.1, -0.05) is 17.7 Å². The van der Waals surface area contributed by atoms with Crippen LogP contribution in [-0.2, 0) is 11.3 Å². The van der Waals surface area contributed by atoms with E-state index < -0.39 is 0 Å². The van der Waals surface area contributed by atoms with Crippen LogP contribution in [0.1, 0.15) is 17.0 Å². The molecule has 1 N–H and O–H groups in total. The van der Waals surface area contributed by atoms with Crippen LogP contribution in [-0.4, -0.2) is 64.5 Å². The molecule has 140 valence electrons. The number of hydrogen-bond donors (Lipinski definition) is 1. The first kappa shape index (κ1) is 18.6. The van der Waals surface area contributed by atoms with E-state index >= 15 is 0 Å². The van der Waals surface area contributed by atoms with Crippen molar-refractivity contribution in [1.29, 1.82) is 0 Å². The number of carbonyl (C=O) groups excluding carboxylic acids is 1. The van der Waals surface area contributed by atoms with E-state index in [4.69, 9.17) is 0 Å². The van der Waals surface area contributed by atoms with Crippen LogP contribution in [0.25, 0.3) is 0 Å². The number of piperazine rings is 1. The summed E-state index contributed by atoms with van der Waals surface area (Å²) < 4.78 is 2.18. The second-order valence-corrected chi connectivity index (χ2v) is 7.15. The SMILES string of the molecule is Cc1ccc(NC(=O)CN2CCN(CCn3ccnc3C)CC2)c(C)c1. The van der Waals surface area contributed by atoms with Gasteiger partial charge >= 0.3 is 0 Å². The van der Waals surface area contributed by atoms with Gasteiger partial charge in [-0.25, -0.2) is 4.98 Å². The van der Waals surface area contributed by atoms with E-state index in [1.165, 1.54) is 5.56 Å². The minimum Gasteiger partial charge on any atom is -0.334 e. The summed E-state index contributed by atoms with van der Waals surface area (Å²) in [6, 6.07) is 6.11. The smallest absolute Gasteiger partial charge is 0.238 e. The number of rotatable bonds is 6. The molecule has 1 saturated heterocycles. The van der Waals surface area contributed by atoms with Gasteiger partial charge in [0, 0.05) is 57.3 Å². The van der Waals surface area contributed by atoms with Gasteiger partial charge in [-0.15, -0.1) is 0 Å². The molecule has 1 aromatic heterocycles. The van der Waals surface area contributed by atoms with Crippen LogP contribution >= 0.6 is 0 Å². The summed E-state index contributed by atoms with van der Waals surface area (Å²) in [6.45, 7) is 12.5. The van der Waals surface area contributed by atoms with Crippen LogP contribution in [0, 0.1) is 20.8 Å². The number of hydrogen-bond acceptors (Lipinski definition) is 4. The Morgan fingerprint density at radius 2 is 1.81 bits per heavy atom. The van der Waals surface area contributed by atoms with Crippen molar-refractivity contribution in [1.82, 2.24) is 19.4 Å². The fourth-order valence-electron chi connectivity index (χ4n) is 3.41. The highest BCUT2D eigenvalue weighted by molar-refractivity contribution is 5.93. The van der Waals surface area contributed by atoms with Gasteiger partial charge in [0.15, 0.2) is 0 Å². The molecule has 2 heterocycles. The Kier molecular flexibility index (Phi) is 6.06. The quantitative estimate of drug-likeness (QED) is 0.862. The maximum atomic E-state index is 12.3. The van der Waals surface area contributed by atoms with Gasteiger partial charge < -0.3 is 9.88 Å². The van der Waals surface area contributed by atoms with E-state index in [-0.39, 0.29) is 5.91 Å². The van der Waals surface area contributed by atoms with Gasteiger partial charge in [-0.05, 0) is 32.4 Å². The molecule has 1 aliphatic rings. The Bertz CT molecular complexity index is 746. The van der Waals surface area contributed by atoms with Gasteiger partial charge in [0.1, 0.15) is 5.82 Å². The van der Waals surface area contributed by atoms with Crippen LogP contribution < -0.4 is 5.32 Å². The Morgan fingerprint density at radius 1 is 1.08 bits per heavy atom. The van der Waals surface area contributed by atoms with Crippen LogP contribution in [0.5, 0.6) is 0 Å². The van der Waals surface area contributed by atoms with Crippen molar-refractivity contribution in [3.8, 4) is 0 Å². The molecule has 0 aliphatic carbocycles. The lowest BCUT2D eigenvalue weighted by molar-refractivity contribution is -0.117. The highest BCUT2D eigenvalue weighted by atomic mass is 16.2. The normalized spacial score (nSPS) is 16.0. The lowest BCUT2D eigenvalue weighted by atomic mass is 10.1. The summed E-state index contributed by atoms with van der Waals surface area (Å²) >= 11 is 0. The lowest BCUT2D eigenvalue weighted by Gasteiger charge is -2.34. The Morgan fingerprint density at radius 3 is 2.46 bits per heavy atom. The molecule has 0 radical (unpaired) electrons. The van der Waals surface area contributed by atoms with Crippen molar-refractivity contribution in [3.05, 3.63) is 47.5 Å². The standard InChI is InChI=1S/C20H29N5O/c1-16-4-5-19(17(2)14-16)22-20(26)15-24-10-8-23(9-11-24)12-13-25-7-6-21-18(25)3/h4-7,14H,8-13,15H2,1-3H3,(H,22,26). The summed E-state index contributed by atoms with van der Waals surface area (Å²) in [6.07, 6.45) is 3.88. The lowest BCUT2D eigenvalue weighted by Crippen LogP contribution is -2.49. The summed E-state index contributed by atoms with van der Waals surface area (Å²) in [5.41, 5.74) is 3.23. The maximum absolute atomic E-state index is 12.3. The summed E-state index contributed by atoms with van der Waals surface area (Å²) in [4.78, 5) is 21.3. The molecule has 26 heavy (non-hydrogen) atoms. The highest BCUT2D eigenvalue weighted by Gasteiger charge is 2.19. The molecular formula is C20H29N5O. The first-order chi connectivity index (χ1) is 12.5. The molecule has 2 aromatic rings. The highest BCUT2D eigenvalue weighted by Crippen LogP contribution is 2.16. The first-order valence-corrected chi connectivity index (χ1v) is 9.31. The van der Waals surface area contributed by atoms with Gasteiger partial charge in [-0.2, -0.15) is 0 Å². The summed E-state index contributed by atoms with van der Waals surface area (Å²) in [7, 11) is 0. The molecular weight excluding hydrogens is 326 g/mol. The Balaban J connectivity index is 1.40. The molecule has 6 nitrogen and oxygen atoms in total. The molecule has 0 atom stereocenters. The van der Waals surface area contributed by atoms with Crippen LogP contribution in [0.4, 0.5) is 5.69 Å². The fraction of sp³-hybridized carbons (Fsp3) is 0.500. The number of nitrogens with one attached hydrogen (secondary N) is 1. The number of nitrogens with zero attached hydrogens (tertiary/aromatic N) is 4. The number of amides is 1. The van der Waals surface area contributed by atoms with Crippen LogP contribution in [0.15, 0.2) is 30.6 Å². The van der Waals surface area contributed by atoms with Crippen molar-refractivity contribution in [3.63, 3.8) is 0 Å². The molecule has 0 bridgehead atoms. The average Bonchev–Trinajstić information content (AvgIpc) is 3.02. The molecule has 1 amide bonds. The maximum Gasteiger partial charge on any atom is 0.238 e. The molecule has 6 heteroatoms. The van der Waals surface area contributed by atoms with Gasteiger partial charge in [0.25, 0.3) is 0 Å². The van der Waals surface area contributed by atoms with E-state index in [1.54, 1.807) is 0 Å². The number of carbonyl (C=O) groups is 1. The topological polar surface area (TPSA) is 53.4 Å². The van der Waals surface area contributed by atoms with E-state index in [0.717, 1.165) is 56.3 Å². The monoisotopic (exact) mass is 355 g/mol. The van der Waals surface area contributed by atoms with Crippen molar-refractivity contribution in [2.24, 2.45) is 0 Å². The van der Waals surface area contributed by atoms with E-state index in [9.17, 15) is 4.79 Å². The molecule has 0 unspecified atom stereocenters. The van der Waals surface area contributed by atoms with Gasteiger partial charge in [-0.3, -0.25) is 14.6 Å². The van der Waals surface area contributed by atoms with Gasteiger partial charge in [0.2, 0.25) is 5.91 Å². The predicted molar refractivity (Wildman–Crippen MR) is 104 cm³/mol. The average molecular weight is 355 g/mol. The number of aromatic nitrogens is 2. The van der Waals surface area contributed by atoms with E-state index in [0.29, 0.717) is 6.54 Å². The van der Waals surface area contributed by atoms with E-state index in [1.807, 2.05) is 38.4 Å². The predicted octanol–water partition coefficient (Wildman–Crippen LogP) is 2.06. The minimum absolute atomic E-state index is 0.0689. The third-order valence-corrected chi connectivity index (χ3v) is 5.07. The number of aryl methyl sites for hydroxylation is 3. The minimum atomic E-state index is 0.0689. The molecule has 0 saturated carbocycles. The van der Waals surface area contributed by atoms with Crippen LogP contribution in [0.2, 0.25) is 0 Å². The molecule has 3 rings (SSSR count). The molecule has 0 spiro atoms. The summed E-state index contributed by atoms with van der Waals surface area (Å²) in [5.74, 6) is 1.13. The fourth-order valence-corrected chi connectivity index (χ4v) is 3.41. The van der Waals surface area contributed by atoms with Crippen molar-refractivity contribution in [2.75, 3.05) is 44.6 Å². The first-order valence-electron chi connectivity index (χ1n) is 9.31. The van der Waals surface area contributed by atoms with Crippen molar-refractivity contribution in [2.45, 2.75) is 27.3 Å². The number of benzene rings is 1.